The minimum absolute atomic E-state index is 0.202. The Balaban J connectivity index is 2.75. The number of hydrogen-bond acceptors (Lipinski definition) is 2. The molecular formula is C16H23NO3. The van der Waals surface area contributed by atoms with Crippen molar-refractivity contribution < 1.29 is 14.7 Å². The van der Waals surface area contributed by atoms with Crippen LogP contribution in [0.2, 0.25) is 0 Å². The molecule has 1 aromatic carbocycles. The van der Waals surface area contributed by atoms with Gasteiger partial charge in [-0.25, -0.2) is 4.79 Å². The molecule has 0 heterocycles. The van der Waals surface area contributed by atoms with E-state index in [1.165, 1.54) is 5.56 Å². The monoisotopic (exact) mass is 277 g/mol. The van der Waals surface area contributed by atoms with Gasteiger partial charge in [-0.1, -0.05) is 31.5 Å². The summed E-state index contributed by atoms with van der Waals surface area (Å²) in [4.78, 5) is 23.3. The third kappa shape index (κ3) is 4.08. The molecule has 0 aliphatic carbocycles. The Bertz CT molecular complexity index is 510. The second-order valence-electron chi connectivity index (χ2n) is 5.53. The Labute approximate surface area is 120 Å². The predicted octanol–water partition coefficient (Wildman–Crippen LogP) is 2.61. The fraction of sp³-hybridized carbons (Fsp3) is 0.500. The van der Waals surface area contributed by atoms with Crippen LogP contribution < -0.4 is 5.32 Å². The van der Waals surface area contributed by atoms with Crippen LogP contribution in [0.5, 0.6) is 0 Å². The van der Waals surface area contributed by atoms with Crippen LogP contribution in [-0.4, -0.2) is 22.5 Å². The van der Waals surface area contributed by atoms with Gasteiger partial charge in [-0.2, -0.15) is 0 Å². The van der Waals surface area contributed by atoms with E-state index in [1.807, 2.05) is 39.0 Å². The lowest BCUT2D eigenvalue weighted by molar-refractivity contribution is -0.147. The summed E-state index contributed by atoms with van der Waals surface area (Å²) < 4.78 is 0. The number of carbonyl (C=O) groups excluding carboxylic acids is 1. The quantitative estimate of drug-likeness (QED) is 0.840. The summed E-state index contributed by atoms with van der Waals surface area (Å²) in [6.45, 7) is 7.46. The maximum atomic E-state index is 12.0. The van der Waals surface area contributed by atoms with Crippen LogP contribution >= 0.6 is 0 Å². The highest BCUT2D eigenvalue weighted by Crippen LogP contribution is 2.14. The van der Waals surface area contributed by atoms with Crippen molar-refractivity contribution in [2.24, 2.45) is 0 Å². The van der Waals surface area contributed by atoms with E-state index in [9.17, 15) is 14.7 Å². The lowest BCUT2D eigenvalue weighted by Crippen LogP contribution is -2.52. The van der Waals surface area contributed by atoms with Gasteiger partial charge in [0.15, 0.2) is 0 Å². The molecule has 1 unspecified atom stereocenters. The van der Waals surface area contributed by atoms with Crippen molar-refractivity contribution in [3.05, 3.63) is 34.9 Å². The van der Waals surface area contributed by atoms with Crippen molar-refractivity contribution in [2.45, 2.75) is 52.5 Å². The number of aryl methyl sites for hydroxylation is 2. The summed E-state index contributed by atoms with van der Waals surface area (Å²) in [5.74, 6) is -1.25. The SMILES string of the molecule is CCCC(C)(NC(=O)Cc1ccc(C)c(C)c1)C(=O)O. The lowest BCUT2D eigenvalue weighted by Gasteiger charge is -2.25. The van der Waals surface area contributed by atoms with Crippen LogP contribution in [0.15, 0.2) is 18.2 Å². The van der Waals surface area contributed by atoms with Crippen LogP contribution in [0.25, 0.3) is 0 Å². The van der Waals surface area contributed by atoms with E-state index >= 15 is 0 Å². The van der Waals surface area contributed by atoms with E-state index < -0.39 is 11.5 Å². The van der Waals surface area contributed by atoms with Gasteiger partial charge in [0.05, 0.1) is 6.42 Å². The minimum Gasteiger partial charge on any atom is -0.480 e. The van der Waals surface area contributed by atoms with E-state index in [1.54, 1.807) is 6.92 Å². The van der Waals surface area contributed by atoms with Gasteiger partial charge < -0.3 is 10.4 Å². The number of benzene rings is 1. The Morgan fingerprint density at radius 1 is 1.25 bits per heavy atom. The van der Waals surface area contributed by atoms with E-state index in [0.29, 0.717) is 12.8 Å². The minimum atomic E-state index is -1.19. The molecule has 1 atom stereocenters. The number of rotatable bonds is 6. The first-order chi connectivity index (χ1) is 9.28. The number of amides is 1. The van der Waals surface area contributed by atoms with Crippen LogP contribution in [0.4, 0.5) is 0 Å². The summed E-state index contributed by atoms with van der Waals surface area (Å²) in [6.07, 6.45) is 1.32. The molecular weight excluding hydrogens is 254 g/mol. The third-order valence-electron chi connectivity index (χ3n) is 3.57. The van der Waals surface area contributed by atoms with Crippen molar-refractivity contribution in [1.82, 2.24) is 5.32 Å². The van der Waals surface area contributed by atoms with Crippen LogP contribution in [0.3, 0.4) is 0 Å². The highest BCUT2D eigenvalue weighted by molar-refractivity contribution is 5.87. The van der Waals surface area contributed by atoms with Crippen molar-refractivity contribution in [1.29, 1.82) is 0 Å². The molecule has 20 heavy (non-hydrogen) atoms. The van der Waals surface area contributed by atoms with Gasteiger partial charge in [-0.05, 0) is 43.9 Å². The zero-order valence-corrected chi connectivity index (χ0v) is 12.6. The standard InChI is InChI=1S/C16H23NO3/c1-5-8-16(4,15(19)20)17-14(18)10-13-7-6-11(2)12(3)9-13/h6-7,9H,5,8,10H2,1-4H3,(H,17,18)(H,19,20). The highest BCUT2D eigenvalue weighted by atomic mass is 16.4. The average molecular weight is 277 g/mol. The van der Waals surface area contributed by atoms with Gasteiger partial charge >= 0.3 is 5.97 Å². The zero-order chi connectivity index (χ0) is 15.3. The zero-order valence-electron chi connectivity index (χ0n) is 12.6. The Kier molecular flexibility index (Phi) is 5.31. The number of aliphatic carboxylic acids is 1. The number of nitrogens with one attached hydrogen (secondary N) is 1. The largest absolute Gasteiger partial charge is 0.480 e. The van der Waals surface area contributed by atoms with Crippen LogP contribution in [0.1, 0.15) is 43.4 Å². The molecule has 0 aromatic heterocycles. The summed E-state index contributed by atoms with van der Waals surface area (Å²) in [7, 11) is 0. The molecule has 0 spiro atoms. The first kappa shape index (κ1) is 16.2. The summed E-state index contributed by atoms with van der Waals surface area (Å²) >= 11 is 0. The average Bonchev–Trinajstić information content (AvgIpc) is 2.33. The predicted molar refractivity (Wildman–Crippen MR) is 78.7 cm³/mol. The normalized spacial score (nSPS) is 13.6. The molecule has 0 fully saturated rings. The van der Waals surface area contributed by atoms with Crippen LogP contribution in [-0.2, 0) is 16.0 Å². The smallest absolute Gasteiger partial charge is 0.329 e. The number of carbonyl (C=O) groups is 2. The lowest BCUT2D eigenvalue weighted by atomic mass is 9.95. The molecule has 4 heteroatoms. The summed E-state index contributed by atoms with van der Waals surface area (Å²) in [6, 6.07) is 5.84. The third-order valence-corrected chi connectivity index (χ3v) is 3.57. The van der Waals surface area contributed by atoms with Gasteiger partial charge in [0.25, 0.3) is 0 Å². The molecule has 1 rings (SSSR count). The van der Waals surface area contributed by atoms with Gasteiger partial charge in [0, 0.05) is 0 Å². The molecule has 110 valence electrons. The molecule has 1 amide bonds. The molecule has 0 radical (unpaired) electrons. The van der Waals surface area contributed by atoms with Crippen LogP contribution in [0, 0.1) is 13.8 Å². The van der Waals surface area contributed by atoms with Gasteiger partial charge in [-0.3, -0.25) is 4.79 Å². The van der Waals surface area contributed by atoms with Crippen molar-refractivity contribution in [3.8, 4) is 0 Å². The van der Waals surface area contributed by atoms with E-state index in [4.69, 9.17) is 0 Å². The molecule has 1 aromatic rings. The maximum Gasteiger partial charge on any atom is 0.329 e. The fourth-order valence-corrected chi connectivity index (χ4v) is 2.17. The second kappa shape index (κ2) is 6.55. The molecule has 2 N–H and O–H groups in total. The maximum absolute atomic E-state index is 12.0. The second-order valence-corrected chi connectivity index (χ2v) is 5.53. The van der Waals surface area contributed by atoms with Crippen molar-refractivity contribution in [2.75, 3.05) is 0 Å². The first-order valence-electron chi connectivity index (χ1n) is 6.89. The number of carboxylic acids is 1. The Hall–Kier alpha value is -1.84. The van der Waals surface area contributed by atoms with Crippen molar-refractivity contribution >= 4 is 11.9 Å². The summed E-state index contributed by atoms with van der Waals surface area (Å²) in [5, 5.41) is 11.9. The van der Waals surface area contributed by atoms with Gasteiger partial charge in [0.2, 0.25) is 5.91 Å². The fourth-order valence-electron chi connectivity index (χ4n) is 2.17. The van der Waals surface area contributed by atoms with E-state index in [0.717, 1.165) is 11.1 Å². The first-order valence-corrected chi connectivity index (χ1v) is 6.89. The number of carboxylic acid groups (broad SMARTS) is 1. The molecule has 0 aliphatic heterocycles. The molecule has 0 aliphatic rings. The summed E-state index contributed by atoms with van der Waals surface area (Å²) in [5.41, 5.74) is 2.01. The number of hydrogen-bond donors (Lipinski definition) is 2. The van der Waals surface area contributed by atoms with Crippen molar-refractivity contribution in [3.63, 3.8) is 0 Å². The van der Waals surface area contributed by atoms with Gasteiger partial charge in [-0.15, -0.1) is 0 Å². The Morgan fingerprint density at radius 3 is 2.40 bits per heavy atom. The molecule has 0 saturated carbocycles. The topological polar surface area (TPSA) is 66.4 Å². The van der Waals surface area contributed by atoms with E-state index in [-0.39, 0.29) is 12.3 Å². The highest BCUT2D eigenvalue weighted by Gasteiger charge is 2.33. The van der Waals surface area contributed by atoms with E-state index in [2.05, 4.69) is 5.32 Å². The molecule has 0 saturated heterocycles. The molecule has 0 bridgehead atoms. The molecule has 4 nitrogen and oxygen atoms in total. The van der Waals surface area contributed by atoms with Gasteiger partial charge in [0.1, 0.15) is 5.54 Å². The Morgan fingerprint density at radius 2 is 1.90 bits per heavy atom.